The number of furan rings is 1. The normalized spacial score (nSPS) is 10.8. The maximum Gasteiger partial charge on any atom is 0.332 e. The van der Waals surface area contributed by atoms with Gasteiger partial charge in [-0.25, -0.2) is 10.2 Å². The van der Waals surface area contributed by atoms with Gasteiger partial charge in [0.1, 0.15) is 11.5 Å². The number of benzene rings is 1. The number of halogens is 1. The molecule has 1 heterocycles. The number of hydrogen-bond acceptors (Lipinski definition) is 3. The van der Waals surface area contributed by atoms with Crippen molar-refractivity contribution in [3.05, 3.63) is 46.7 Å². The molecule has 0 spiro atoms. The first kappa shape index (κ1) is 13.2. The van der Waals surface area contributed by atoms with Crippen molar-refractivity contribution < 1.29 is 9.21 Å². The van der Waals surface area contributed by atoms with Gasteiger partial charge in [0.15, 0.2) is 0 Å². The molecule has 19 heavy (non-hydrogen) atoms. The second-order valence-electron chi connectivity index (χ2n) is 3.90. The Kier molecular flexibility index (Phi) is 3.87. The van der Waals surface area contributed by atoms with Gasteiger partial charge in [-0.15, -0.1) is 0 Å². The quantitative estimate of drug-likeness (QED) is 0.668. The van der Waals surface area contributed by atoms with Crippen LogP contribution in [0.3, 0.4) is 0 Å². The molecule has 2 rings (SSSR count). The zero-order valence-electron chi connectivity index (χ0n) is 10.2. The Morgan fingerprint density at radius 2 is 2.21 bits per heavy atom. The van der Waals surface area contributed by atoms with E-state index in [9.17, 15) is 4.79 Å². The Balaban J connectivity index is 2.18. The summed E-state index contributed by atoms with van der Waals surface area (Å²) in [6, 6.07) is 8.47. The number of carbonyl (C=O) groups excluding carboxylic acids is 1. The second kappa shape index (κ2) is 5.58. The molecule has 1 aromatic heterocycles. The molecule has 1 aromatic carbocycles. The Hall–Kier alpha value is -2.27. The Morgan fingerprint density at radius 3 is 2.89 bits per heavy atom. The lowest BCUT2D eigenvalue weighted by Gasteiger charge is -2.00. The van der Waals surface area contributed by atoms with E-state index in [4.69, 9.17) is 21.8 Å². The molecule has 0 saturated carbocycles. The molecule has 0 unspecified atom stereocenters. The molecule has 6 heteroatoms. The van der Waals surface area contributed by atoms with Crippen molar-refractivity contribution in [3.63, 3.8) is 0 Å². The summed E-state index contributed by atoms with van der Waals surface area (Å²) >= 11 is 6.06. The first-order chi connectivity index (χ1) is 9.06. The van der Waals surface area contributed by atoms with Gasteiger partial charge >= 0.3 is 6.03 Å². The minimum atomic E-state index is -0.728. The molecule has 0 bridgehead atoms. The van der Waals surface area contributed by atoms with Gasteiger partial charge in [-0.1, -0.05) is 23.7 Å². The van der Waals surface area contributed by atoms with Crippen LogP contribution >= 0.6 is 11.6 Å². The Labute approximate surface area is 115 Å². The smallest absolute Gasteiger partial charge is 0.332 e. The topological polar surface area (TPSA) is 80.6 Å². The molecule has 5 nitrogen and oxygen atoms in total. The number of nitrogens with two attached hydrogens (primary N) is 1. The molecule has 0 atom stereocenters. The van der Waals surface area contributed by atoms with Gasteiger partial charge in [0.05, 0.1) is 6.21 Å². The first-order valence-corrected chi connectivity index (χ1v) is 5.89. The molecule has 2 amide bonds. The van der Waals surface area contributed by atoms with Gasteiger partial charge in [0.25, 0.3) is 0 Å². The number of amides is 2. The predicted molar refractivity (Wildman–Crippen MR) is 74.2 cm³/mol. The molecule has 2 aromatic rings. The largest absolute Gasteiger partial charge is 0.455 e. The second-order valence-corrected chi connectivity index (χ2v) is 4.31. The summed E-state index contributed by atoms with van der Waals surface area (Å²) in [5.74, 6) is 1.17. The van der Waals surface area contributed by atoms with Crippen LogP contribution in [0.15, 0.2) is 39.9 Å². The number of hydrogen-bond donors (Lipinski definition) is 2. The fourth-order valence-electron chi connectivity index (χ4n) is 1.48. The molecule has 98 valence electrons. The summed E-state index contributed by atoms with van der Waals surface area (Å²) in [7, 11) is 0. The van der Waals surface area contributed by atoms with Crippen LogP contribution in [0.2, 0.25) is 5.02 Å². The van der Waals surface area contributed by atoms with Crippen molar-refractivity contribution in [1.29, 1.82) is 0 Å². The molecule has 0 aliphatic rings. The van der Waals surface area contributed by atoms with E-state index in [-0.39, 0.29) is 0 Å². The van der Waals surface area contributed by atoms with Crippen LogP contribution in [0.4, 0.5) is 4.79 Å². The number of nitrogens with zero attached hydrogens (tertiary/aromatic N) is 1. The third kappa shape index (κ3) is 3.35. The van der Waals surface area contributed by atoms with Crippen LogP contribution in [0, 0.1) is 6.92 Å². The minimum absolute atomic E-state index is 0.500. The lowest BCUT2D eigenvalue weighted by atomic mass is 10.1. The number of rotatable bonds is 3. The molecule has 0 fully saturated rings. The van der Waals surface area contributed by atoms with Crippen LogP contribution in [0.25, 0.3) is 11.3 Å². The fourth-order valence-corrected chi connectivity index (χ4v) is 1.66. The number of aryl methyl sites for hydroxylation is 1. The predicted octanol–water partition coefficient (Wildman–Crippen LogP) is 2.91. The first-order valence-electron chi connectivity index (χ1n) is 5.51. The average Bonchev–Trinajstić information content (AvgIpc) is 2.81. The van der Waals surface area contributed by atoms with E-state index in [1.807, 2.05) is 25.1 Å². The van der Waals surface area contributed by atoms with Crippen molar-refractivity contribution in [2.45, 2.75) is 6.92 Å². The Morgan fingerprint density at radius 1 is 1.42 bits per heavy atom. The highest BCUT2D eigenvalue weighted by atomic mass is 35.5. The van der Waals surface area contributed by atoms with Crippen LogP contribution < -0.4 is 11.2 Å². The average molecular weight is 278 g/mol. The van der Waals surface area contributed by atoms with Crippen LogP contribution in [-0.4, -0.2) is 12.2 Å². The summed E-state index contributed by atoms with van der Waals surface area (Å²) in [6.45, 7) is 1.93. The summed E-state index contributed by atoms with van der Waals surface area (Å²) in [5, 5.41) is 4.29. The molecular formula is C13H12ClN3O2. The standard InChI is InChI=1S/C13H12ClN3O2/c1-8-2-3-9(6-11(8)14)12-5-4-10(19-12)7-16-17-13(15)18/h2-7H,1H3,(H3,15,17,18). The van der Waals surface area contributed by atoms with Gasteiger partial charge in [-0.2, -0.15) is 5.10 Å². The zero-order valence-corrected chi connectivity index (χ0v) is 10.9. The number of primary amides is 1. The van der Waals surface area contributed by atoms with Gasteiger partial charge in [-0.3, -0.25) is 0 Å². The maximum atomic E-state index is 10.4. The van der Waals surface area contributed by atoms with Gasteiger partial charge < -0.3 is 10.2 Å². The van der Waals surface area contributed by atoms with Gasteiger partial charge in [0.2, 0.25) is 0 Å². The highest BCUT2D eigenvalue weighted by molar-refractivity contribution is 6.31. The Bertz CT molecular complexity index is 635. The van der Waals surface area contributed by atoms with Crippen molar-refractivity contribution in [2.24, 2.45) is 10.8 Å². The molecule has 0 aliphatic carbocycles. The van der Waals surface area contributed by atoms with Crippen LogP contribution in [-0.2, 0) is 0 Å². The van der Waals surface area contributed by atoms with Crippen molar-refractivity contribution >= 4 is 23.8 Å². The third-order valence-electron chi connectivity index (χ3n) is 2.45. The van der Waals surface area contributed by atoms with Gasteiger partial charge in [0, 0.05) is 10.6 Å². The van der Waals surface area contributed by atoms with Gasteiger partial charge in [-0.05, 0) is 30.7 Å². The van der Waals surface area contributed by atoms with E-state index in [0.29, 0.717) is 16.5 Å². The number of hydrazone groups is 1. The zero-order chi connectivity index (χ0) is 13.8. The number of nitrogens with one attached hydrogen (secondary N) is 1. The lowest BCUT2D eigenvalue weighted by molar-refractivity contribution is 0.249. The van der Waals surface area contributed by atoms with Crippen molar-refractivity contribution in [1.82, 2.24) is 5.43 Å². The molecule has 0 saturated heterocycles. The molecular weight excluding hydrogens is 266 g/mol. The molecule has 0 aliphatic heterocycles. The van der Waals surface area contributed by atoms with E-state index in [0.717, 1.165) is 11.1 Å². The van der Waals surface area contributed by atoms with E-state index >= 15 is 0 Å². The minimum Gasteiger partial charge on any atom is -0.455 e. The number of carbonyl (C=O) groups is 1. The summed E-state index contributed by atoms with van der Waals surface area (Å²) in [6.07, 6.45) is 1.37. The third-order valence-corrected chi connectivity index (χ3v) is 2.86. The molecule has 0 radical (unpaired) electrons. The highest BCUT2D eigenvalue weighted by Gasteiger charge is 2.05. The monoisotopic (exact) mass is 277 g/mol. The van der Waals surface area contributed by atoms with Crippen molar-refractivity contribution in [3.8, 4) is 11.3 Å². The van der Waals surface area contributed by atoms with Crippen LogP contribution in [0.1, 0.15) is 11.3 Å². The van der Waals surface area contributed by atoms with Crippen LogP contribution in [0.5, 0.6) is 0 Å². The summed E-state index contributed by atoms with van der Waals surface area (Å²) in [5.41, 5.74) is 8.84. The van der Waals surface area contributed by atoms with E-state index in [1.54, 1.807) is 12.1 Å². The lowest BCUT2D eigenvalue weighted by Crippen LogP contribution is -2.24. The number of urea groups is 1. The molecule has 3 N–H and O–H groups in total. The highest BCUT2D eigenvalue weighted by Crippen LogP contribution is 2.26. The SMILES string of the molecule is Cc1ccc(-c2ccc(C=NNC(N)=O)o2)cc1Cl. The van der Waals surface area contributed by atoms with E-state index < -0.39 is 6.03 Å². The summed E-state index contributed by atoms with van der Waals surface area (Å²) in [4.78, 5) is 10.4. The van der Waals surface area contributed by atoms with Crippen molar-refractivity contribution in [2.75, 3.05) is 0 Å². The maximum absolute atomic E-state index is 10.4. The van der Waals surface area contributed by atoms with E-state index in [2.05, 4.69) is 10.5 Å². The summed E-state index contributed by atoms with van der Waals surface area (Å²) < 4.78 is 5.55. The fraction of sp³-hybridized carbons (Fsp3) is 0.0769. The van der Waals surface area contributed by atoms with E-state index in [1.165, 1.54) is 6.21 Å².